The van der Waals surface area contributed by atoms with Crippen LogP contribution >= 0.6 is 11.8 Å². The standard InChI is InChI=1S/C12H9F3N2OS/c1-19-11-16-9(6-10(17-11)12(13,14)15)7-3-2-4-8(18)5-7/h2-6,18H,1H3. The van der Waals surface area contributed by atoms with Crippen molar-refractivity contribution >= 4 is 11.8 Å². The van der Waals surface area contributed by atoms with Gasteiger partial charge >= 0.3 is 6.18 Å². The summed E-state index contributed by atoms with van der Waals surface area (Å²) in [6.07, 6.45) is -2.93. The summed E-state index contributed by atoms with van der Waals surface area (Å²) in [6, 6.07) is 6.77. The fourth-order valence-electron chi connectivity index (χ4n) is 1.47. The second-order valence-electron chi connectivity index (χ2n) is 3.67. The average Bonchev–Trinajstić information content (AvgIpc) is 2.37. The monoisotopic (exact) mass is 286 g/mol. The fraction of sp³-hybridized carbons (Fsp3) is 0.167. The molecule has 1 heterocycles. The van der Waals surface area contributed by atoms with Gasteiger partial charge in [0.2, 0.25) is 0 Å². The zero-order valence-corrected chi connectivity index (χ0v) is 10.6. The second-order valence-corrected chi connectivity index (χ2v) is 4.45. The van der Waals surface area contributed by atoms with Crippen molar-refractivity contribution in [2.24, 2.45) is 0 Å². The lowest BCUT2D eigenvalue weighted by Gasteiger charge is -2.09. The molecule has 0 bridgehead atoms. The minimum absolute atomic E-state index is 0.0321. The minimum Gasteiger partial charge on any atom is -0.508 e. The first-order valence-electron chi connectivity index (χ1n) is 5.20. The van der Waals surface area contributed by atoms with Gasteiger partial charge in [-0.1, -0.05) is 23.9 Å². The predicted octanol–water partition coefficient (Wildman–Crippen LogP) is 3.59. The van der Waals surface area contributed by atoms with Crippen molar-refractivity contribution in [3.63, 3.8) is 0 Å². The summed E-state index contributed by atoms with van der Waals surface area (Å²) in [7, 11) is 0. The summed E-state index contributed by atoms with van der Waals surface area (Å²) < 4.78 is 38.2. The summed E-state index contributed by atoms with van der Waals surface area (Å²) >= 11 is 1.03. The second kappa shape index (κ2) is 5.08. The number of benzene rings is 1. The molecule has 0 saturated heterocycles. The number of phenolic OH excluding ortho intramolecular Hbond substituents is 1. The Kier molecular flexibility index (Phi) is 3.66. The van der Waals surface area contributed by atoms with E-state index in [2.05, 4.69) is 9.97 Å². The molecule has 1 aromatic heterocycles. The van der Waals surface area contributed by atoms with Crippen LogP contribution in [0.1, 0.15) is 5.69 Å². The number of hydrogen-bond donors (Lipinski definition) is 1. The normalized spacial score (nSPS) is 11.6. The molecule has 0 spiro atoms. The SMILES string of the molecule is CSc1nc(-c2cccc(O)c2)cc(C(F)(F)F)n1. The fourth-order valence-corrected chi connectivity index (χ4v) is 1.85. The van der Waals surface area contributed by atoms with Crippen LogP contribution in [0.25, 0.3) is 11.3 Å². The third kappa shape index (κ3) is 3.17. The van der Waals surface area contributed by atoms with Crippen molar-refractivity contribution in [1.29, 1.82) is 0 Å². The van der Waals surface area contributed by atoms with E-state index in [0.717, 1.165) is 17.8 Å². The number of nitrogens with zero attached hydrogens (tertiary/aromatic N) is 2. The minimum atomic E-state index is -4.53. The Morgan fingerprint density at radius 1 is 1.16 bits per heavy atom. The lowest BCUT2D eigenvalue weighted by molar-refractivity contribution is -0.141. The molecule has 0 fully saturated rings. The Bertz CT molecular complexity index is 602. The Hall–Kier alpha value is -1.76. The number of phenols is 1. The number of rotatable bonds is 2. The Morgan fingerprint density at radius 3 is 2.47 bits per heavy atom. The predicted molar refractivity (Wildman–Crippen MR) is 65.9 cm³/mol. The van der Waals surface area contributed by atoms with E-state index in [1.807, 2.05) is 0 Å². The van der Waals surface area contributed by atoms with Gasteiger partial charge in [0.05, 0.1) is 5.69 Å². The first-order chi connectivity index (χ1) is 8.90. The van der Waals surface area contributed by atoms with Gasteiger partial charge < -0.3 is 5.11 Å². The molecule has 1 aromatic carbocycles. The molecule has 2 aromatic rings. The van der Waals surface area contributed by atoms with Gasteiger partial charge in [-0.3, -0.25) is 0 Å². The molecule has 0 amide bonds. The van der Waals surface area contributed by atoms with E-state index in [0.29, 0.717) is 5.56 Å². The van der Waals surface area contributed by atoms with Gasteiger partial charge in [0, 0.05) is 5.56 Å². The number of halogens is 3. The zero-order valence-electron chi connectivity index (χ0n) is 9.77. The topological polar surface area (TPSA) is 46.0 Å². The zero-order chi connectivity index (χ0) is 14.0. The highest BCUT2D eigenvalue weighted by molar-refractivity contribution is 7.98. The molecule has 0 atom stereocenters. The molecule has 19 heavy (non-hydrogen) atoms. The molecule has 3 nitrogen and oxygen atoms in total. The van der Waals surface area contributed by atoms with E-state index in [1.54, 1.807) is 18.4 Å². The molecule has 7 heteroatoms. The quantitative estimate of drug-likeness (QED) is 0.677. The summed E-state index contributed by atoms with van der Waals surface area (Å²) in [5.41, 5.74) is -0.462. The van der Waals surface area contributed by atoms with E-state index in [1.165, 1.54) is 12.1 Å². The molecular formula is C12H9F3N2OS. The number of hydrogen-bond acceptors (Lipinski definition) is 4. The van der Waals surface area contributed by atoms with E-state index in [4.69, 9.17) is 0 Å². The van der Waals surface area contributed by atoms with Crippen molar-refractivity contribution < 1.29 is 18.3 Å². The lowest BCUT2D eigenvalue weighted by atomic mass is 10.1. The largest absolute Gasteiger partial charge is 0.508 e. The molecule has 2 rings (SSSR count). The first-order valence-corrected chi connectivity index (χ1v) is 6.42. The number of aromatic hydroxyl groups is 1. The van der Waals surface area contributed by atoms with Crippen LogP contribution in [0.5, 0.6) is 5.75 Å². The van der Waals surface area contributed by atoms with Crippen LogP contribution in [-0.2, 0) is 6.18 Å². The summed E-state index contributed by atoms with van der Waals surface area (Å²) in [5, 5.41) is 9.39. The van der Waals surface area contributed by atoms with Crippen molar-refractivity contribution in [2.75, 3.05) is 6.26 Å². The van der Waals surface area contributed by atoms with Gasteiger partial charge in [0.1, 0.15) is 11.4 Å². The van der Waals surface area contributed by atoms with Gasteiger partial charge in [-0.05, 0) is 24.5 Å². The van der Waals surface area contributed by atoms with Crippen LogP contribution in [0, 0.1) is 0 Å². The van der Waals surface area contributed by atoms with Crippen molar-refractivity contribution in [2.45, 2.75) is 11.3 Å². The molecule has 0 aliphatic carbocycles. The molecular weight excluding hydrogens is 277 g/mol. The van der Waals surface area contributed by atoms with Gasteiger partial charge in [0.25, 0.3) is 0 Å². The molecule has 100 valence electrons. The van der Waals surface area contributed by atoms with Crippen LogP contribution in [0.2, 0.25) is 0 Å². The maximum Gasteiger partial charge on any atom is 0.433 e. The summed E-state index contributed by atoms with van der Waals surface area (Å²) in [5.74, 6) is -0.0321. The number of aromatic nitrogens is 2. The Balaban J connectivity index is 2.57. The maximum atomic E-state index is 12.7. The van der Waals surface area contributed by atoms with Crippen LogP contribution in [0.4, 0.5) is 13.2 Å². The Morgan fingerprint density at radius 2 is 1.89 bits per heavy atom. The van der Waals surface area contributed by atoms with Crippen LogP contribution in [0.3, 0.4) is 0 Å². The average molecular weight is 286 g/mol. The lowest BCUT2D eigenvalue weighted by Crippen LogP contribution is -2.09. The highest BCUT2D eigenvalue weighted by atomic mass is 32.2. The van der Waals surface area contributed by atoms with Gasteiger partial charge in [0.15, 0.2) is 5.16 Å². The van der Waals surface area contributed by atoms with Crippen molar-refractivity contribution in [1.82, 2.24) is 9.97 Å². The Labute approximate surface area is 111 Å². The van der Waals surface area contributed by atoms with Crippen molar-refractivity contribution in [3.05, 3.63) is 36.0 Å². The van der Waals surface area contributed by atoms with Crippen molar-refractivity contribution in [3.8, 4) is 17.0 Å². The smallest absolute Gasteiger partial charge is 0.433 e. The number of thioether (sulfide) groups is 1. The molecule has 0 aliphatic heterocycles. The first kappa shape index (κ1) is 13.7. The highest BCUT2D eigenvalue weighted by Gasteiger charge is 2.33. The third-order valence-corrected chi connectivity index (χ3v) is 2.87. The van der Waals surface area contributed by atoms with Crippen LogP contribution in [0.15, 0.2) is 35.5 Å². The molecule has 1 N–H and O–H groups in total. The van der Waals surface area contributed by atoms with E-state index in [-0.39, 0.29) is 16.6 Å². The van der Waals surface area contributed by atoms with E-state index < -0.39 is 11.9 Å². The van der Waals surface area contributed by atoms with E-state index in [9.17, 15) is 18.3 Å². The number of alkyl halides is 3. The maximum absolute atomic E-state index is 12.7. The highest BCUT2D eigenvalue weighted by Crippen LogP contribution is 2.32. The third-order valence-electron chi connectivity index (χ3n) is 2.32. The van der Waals surface area contributed by atoms with Gasteiger partial charge in [-0.2, -0.15) is 13.2 Å². The molecule has 0 saturated carbocycles. The van der Waals surface area contributed by atoms with Crippen LogP contribution in [-0.4, -0.2) is 21.3 Å². The van der Waals surface area contributed by atoms with Crippen LogP contribution < -0.4 is 0 Å². The van der Waals surface area contributed by atoms with Gasteiger partial charge in [-0.25, -0.2) is 9.97 Å². The van der Waals surface area contributed by atoms with Gasteiger partial charge in [-0.15, -0.1) is 0 Å². The summed E-state index contributed by atoms with van der Waals surface area (Å²) in [6.45, 7) is 0. The molecule has 0 unspecified atom stereocenters. The summed E-state index contributed by atoms with van der Waals surface area (Å²) in [4.78, 5) is 7.45. The molecule has 0 radical (unpaired) electrons. The van der Waals surface area contributed by atoms with E-state index >= 15 is 0 Å². The molecule has 0 aliphatic rings.